The van der Waals surface area contributed by atoms with Crippen molar-refractivity contribution in [2.24, 2.45) is 0 Å². The minimum absolute atomic E-state index is 0.124. The predicted molar refractivity (Wildman–Crippen MR) is 61.2 cm³/mol. The van der Waals surface area contributed by atoms with E-state index in [1.54, 1.807) is 0 Å². The van der Waals surface area contributed by atoms with E-state index in [0.29, 0.717) is 5.69 Å². The van der Waals surface area contributed by atoms with E-state index in [-0.39, 0.29) is 24.6 Å². The van der Waals surface area contributed by atoms with Crippen LogP contribution in [0.1, 0.15) is 0 Å². The van der Waals surface area contributed by atoms with Crippen molar-refractivity contribution in [2.45, 2.75) is 6.10 Å². The van der Waals surface area contributed by atoms with Gasteiger partial charge in [-0.25, -0.2) is 0 Å². The number of aliphatic hydroxyl groups excluding tert-OH is 2. The highest BCUT2D eigenvalue weighted by atomic mass is 16.6. The van der Waals surface area contributed by atoms with Crippen molar-refractivity contribution in [3.63, 3.8) is 0 Å². The third-order valence-electron chi connectivity index (χ3n) is 2.13. The lowest BCUT2D eigenvalue weighted by Crippen LogP contribution is -2.22. The quantitative estimate of drug-likeness (QED) is 0.491. The van der Waals surface area contributed by atoms with E-state index in [1.807, 2.05) is 0 Å². The SMILES string of the molecule is COc1cc(NCC(O)CO)ccc1[N+](=O)[O-]. The Morgan fingerprint density at radius 3 is 2.82 bits per heavy atom. The van der Waals surface area contributed by atoms with Crippen LogP contribution in [0.5, 0.6) is 5.75 Å². The van der Waals surface area contributed by atoms with Gasteiger partial charge in [-0.3, -0.25) is 10.1 Å². The molecule has 1 aromatic carbocycles. The molecule has 17 heavy (non-hydrogen) atoms. The molecule has 1 rings (SSSR count). The number of ether oxygens (including phenoxy) is 1. The topological polar surface area (TPSA) is 105 Å². The Bertz CT molecular complexity index is 396. The Kier molecular flexibility index (Phi) is 4.68. The van der Waals surface area contributed by atoms with Gasteiger partial charge in [0.1, 0.15) is 0 Å². The maximum absolute atomic E-state index is 10.6. The highest BCUT2D eigenvalue weighted by Gasteiger charge is 2.14. The van der Waals surface area contributed by atoms with Gasteiger partial charge in [0.2, 0.25) is 0 Å². The summed E-state index contributed by atoms with van der Waals surface area (Å²) in [4.78, 5) is 10.1. The summed E-state index contributed by atoms with van der Waals surface area (Å²) in [6, 6.07) is 4.28. The summed E-state index contributed by atoms with van der Waals surface area (Å²) in [6.45, 7) is -0.200. The fourth-order valence-corrected chi connectivity index (χ4v) is 1.24. The lowest BCUT2D eigenvalue weighted by molar-refractivity contribution is -0.385. The maximum Gasteiger partial charge on any atom is 0.311 e. The number of anilines is 1. The van der Waals surface area contributed by atoms with Crippen molar-refractivity contribution in [2.75, 3.05) is 25.6 Å². The Morgan fingerprint density at radius 2 is 2.29 bits per heavy atom. The largest absolute Gasteiger partial charge is 0.490 e. The highest BCUT2D eigenvalue weighted by molar-refractivity contribution is 5.57. The van der Waals surface area contributed by atoms with Crippen LogP contribution < -0.4 is 10.1 Å². The summed E-state index contributed by atoms with van der Waals surface area (Å²) in [7, 11) is 1.34. The summed E-state index contributed by atoms with van der Waals surface area (Å²) in [5.74, 6) is 0.137. The average Bonchev–Trinajstić information content (AvgIpc) is 2.35. The normalized spacial score (nSPS) is 11.9. The summed E-state index contributed by atoms with van der Waals surface area (Å²) >= 11 is 0. The van der Waals surface area contributed by atoms with Crippen molar-refractivity contribution >= 4 is 11.4 Å². The molecule has 0 bridgehead atoms. The molecule has 0 aliphatic heterocycles. The third-order valence-corrected chi connectivity index (χ3v) is 2.13. The summed E-state index contributed by atoms with van der Waals surface area (Å²) < 4.78 is 4.89. The molecule has 3 N–H and O–H groups in total. The fraction of sp³-hybridized carbons (Fsp3) is 0.400. The van der Waals surface area contributed by atoms with Crippen LogP contribution in [-0.2, 0) is 0 Å². The van der Waals surface area contributed by atoms with Gasteiger partial charge in [0.25, 0.3) is 0 Å². The number of nitro benzene ring substituents is 1. The smallest absolute Gasteiger partial charge is 0.311 e. The molecule has 94 valence electrons. The summed E-state index contributed by atoms with van der Waals surface area (Å²) in [6.07, 6.45) is -0.879. The molecule has 0 radical (unpaired) electrons. The molecule has 0 aromatic heterocycles. The first-order chi connectivity index (χ1) is 8.08. The second kappa shape index (κ2) is 6.02. The first kappa shape index (κ1) is 13.2. The van der Waals surface area contributed by atoms with Crippen LogP contribution in [0.2, 0.25) is 0 Å². The van der Waals surface area contributed by atoms with Gasteiger partial charge in [0.15, 0.2) is 5.75 Å². The number of nitrogens with zero attached hydrogens (tertiary/aromatic N) is 1. The number of nitrogens with one attached hydrogen (secondary N) is 1. The van der Waals surface area contributed by atoms with Crippen LogP contribution in [0.15, 0.2) is 18.2 Å². The molecule has 0 fully saturated rings. The Morgan fingerprint density at radius 1 is 1.59 bits per heavy atom. The second-order valence-corrected chi connectivity index (χ2v) is 3.36. The molecule has 0 saturated heterocycles. The standard InChI is InChI=1S/C10H14N2O5/c1-17-10-4-7(11-5-8(14)6-13)2-3-9(10)12(15)16/h2-4,8,11,13-14H,5-6H2,1H3. The summed E-state index contributed by atoms with van der Waals surface area (Å²) in [5.41, 5.74) is 0.445. The number of methoxy groups -OCH3 is 1. The van der Waals surface area contributed by atoms with Crippen LogP contribution in [-0.4, -0.2) is 41.5 Å². The zero-order valence-electron chi connectivity index (χ0n) is 9.29. The van der Waals surface area contributed by atoms with E-state index in [9.17, 15) is 10.1 Å². The van der Waals surface area contributed by atoms with Gasteiger partial charge in [-0.05, 0) is 6.07 Å². The molecule has 0 heterocycles. The Labute approximate surface area is 97.8 Å². The van der Waals surface area contributed by atoms with Crippen molar-refractivity contribution < 1.29 is 19.9 Å². The molecule has 0 amide bonds. The number of aliphatic hydroxyl groups is 2. The minimum Gasteiger partial charge on any atom is -0.490 e. The zero-order valence-corrected chi connectivity index (χ0v) is 9.29. The molecule has 0 spiro atoms. The summed E-state index contributed by atoms with van der Waals surface area (Å²) in [5, 5.41) is 31.2. The molecule has 0 aliphatic carbocycles. The molecule has 7 nitrogen and oxygen atoms in total. The van der Waals surface area contributed by atoms with Gasteiger partial charge < -0.3 is 20.3 Å². The van der Waals surface area contributed by atoms with Gasteiger partial charge in [0.05, 0.1) is 24.7 Å². The van der Waals surface area contributed by atoms with Crippen molar-refractivity contribution in [3.05, 3.63) is 28.3 Å². The van der Waals surface area contributed by atoms with E-state index in [1.165, 1.54) is 25.3 Å². The minimum atomic E-state index is -0.879. The van der Waals surface area contributed by atoms with Gasteiger partial charge in [0, 0.05) is 24.4 Å². The molecular weight excluding hydrogens is 228 g/mol. The second-order valence-electron chi connectivity index (χ2n) is 3.36. The van der Waals surface area contributed by atoms with Gasteiger partial charge in [-0.2, -0.15) is 0 Å². The molecule has 1 unspecified atom stereocenters. The molecule has 0 saturated carbocycles. The van der Waals surface area contributed by atoms with E-state index < -0.39 is 11.0 Å². The Balaban J connectivity index is 2.79. The fourth-order valence-electron chi connectivity index (χ4n) is 1.24. The van der Waals surface area contributed by atoms with Crippen LogP contribution >= 0.6 is 0 Å². The van der Waals surface area contributed by atoms with Gasteiger partial charge in [-0.15, -0.1) is 0 Å². The molecule has 1 aromatic rings. The maximum atomic E-state index is 10.6. The first-order valence-corrected chi connectivity index (χ1v) is 4.93. The molecular formula is C10H14N2O5. The molecule has 1 atom stereocenters. The van der Waals surface area contributed by atoms with E-state index in [0.717, 1.165) is 0 Å². The number of rotatable bonds is 6. The third kappa shape index (κ3) is 3.58. The van der Waals surface area contributed by atoms with Crippen LogP contribution in [0, 0.1) is 10.1 Å². The Hall–Kier alpha value is -1.86. The van der Waals surface area contributed by atoms with Crippen molar-refractivity contribution in [1.82, 2.24) is 0 Å². The van der Waals surface area contributed by atoms with Crippen molar-refractivity contribution in [3.8, 4) is 5.75 Å². The van der Waals surface area contributed by atoms with Crippen LogP contribution in [0.3, 0.4) is 0 Å². The zero-order chi connectivity index (χ0) is 12.8. The molecule has 0 aliphatic rings. The lowest BCUT2D eigenvalue weighted by Gasteiger charge is -2.11. The number of hydrogen-bond donors (Lipinski definition) is 3. The van der Waals surface area contributed by atoms with E-state index in [2.05, 4.69) is 5.32 Å². The van der Waals surface area contributed by atoms with Gasteiger partial charge >= 0.3 is 5.69 Å². The van der Waals surface area contributed by atoms with Crippen molar-refractivity contribution in [1.29, 1.82) is 0 Å². The predicted octanol–water partition coefficient (Wildman–Crippen LogP) is 0.368. The van der Waals surface area contributed by atoms with E-state index in [4.69, 9.17) is 14.9 Å². The van der Waals surface area contributed by atoms with Gasteiger partial charge in [-0.1, -0.05) is 0 Å². The molecule has 7 heteroatoms. The lowest BCUT2D eigenvalue weighted by atomic mass is 10.2. The highest BCUT2D eigenvalue weighted by Crippen LogP contribution is 2.29. The number of nitro groups is 1. The van der Waals surface area contributed by atoms with E-state index >= 15 is 0 Å². The van der Waals surface area contributed by atoms with Crippen LogP contribution in [0.25, 0.3) is 0 Å². The number of benzene rings is 1. The monoisotopic (exact) mass is 242 g/mol. The van der Waals surface area contributed by atoms with Crippen LogP contribution in [0.4, 0.5) is 11.4 Å². The number of hydrogen-bond acceptors (Lipinski definition) is 6. The first-order valence-electron chi connectivity index (χ1n) is 4.93. The average molecular weight is 242 g/mol.